The average molecular weight is 300 g/mol. The van der Waals surface area contributed by atoms with Crippen LogP contribution < -0.4 is 5.32 Å². The molecule has 5 heteroatoms. The quantitative estimate of drug-likeness (QED) is 0.866. The number of hydrogen-bond donors (Lipinski definition) is 1. The molecule has 0 aliphatic heterocycles. The predicted octanol–water partition coefficient (Wildman–Crippen LogP) is 2.05. The summed E-state index contributed by atoms with van der Waals surface area (Å²) in [5, 5.41) is 2.67. The third-order valence-electron chi connectivity index (χ3n) is 2.28. The van der Waals surface area contributed by atoms with E-state index in [1.54, 1.807) is 6.07 Å². The molecule has 0 bridgehead atoms. The molecular weight excluding hydrogens is 286 g/mol. The molecular formula is C12H14BrNO3. The van der Waals surface area contributed by atoms with Gasteiger partial charge >= 0.3 is 5.97 Å². The molecule has 4 nitrogen and oxygen atoms in total. The van der Waals surface area contributed by atoms with Crippen molar-refractivity contribution in [3.8, 4) is 0 Å². The molecule has 0 spiro atoms. The number of amides is 1. The van der Waals surface area contributed by atoms with Crippen LogP contribution in [0, 0.1) is 6.92 Å². The lowest BCUT2D eigenvalue weighted by atomic mass is 10.1. The molecule has 17 heavy (non-hydrogen) atoms. The normalized spacial score (nSPS) is 9.82. The van der Waals surface area contributed by atoms with Gasteiger partial charge in [0.1, 0.15) is 0 Å². The zero-order chi connectivity index (χ0) is 12.8. The largest absolute Gasteiger partial charge is 0.469 e. The molecule has 92 valence electrons. The summed E-state index contributed by atoms with van der Waals surface area (Å²) in [5.74, 6) is -0.517. The fourth-order valence-electron chi connectivity index (χ4n) is 1.36. The molecule has 0 fully saturated rings. The Morgan fingerprint density at radius 3 is 2.71 bits per heavy atom. The van der Waals surface area contributed by atoms with Crippen molar-refractivity contribution in [2.45, 2.75) is 13.3 Å². The molecule has 1 aromatic rings. The van der Waals surface area contributed by atoms with Gasteiger partial charge in [-0.3, -0.25) is 9.59 Å². The second kappa shape index (κ2) is 6.39. The Kier molecular flexibility index (Phi) is 5.15. The highest BCUT2D eigenvalue weighted by atomic mass is 79.9. The van der Waals surface area contributed by atoms with Crippen LogP contribution in [0.15, 0.2) is 22.7 Å². The van der Waals surface area contributed by atoms with Crippen LogP contribution >= 0.6 is 15.9 Å². The Morgan fingerprint density at radius 1 is 1.41 bits per heavy atom. The fourth-order valence-corrected chi connectivity index (χ4v) is 1.83. The molecule has 1 aromatic carbocycles. The number of carbonyl (C=O) groups excluding carboxylic acids is 2. The molecule has 0 unspecified atom stereocenters. The molecule has 0 atom stereocenters. The summed E-state index contributed by atoms with van der Waals surface area (Å²) < 4.78 is 5.41. The Hall–Kier alpha value is -1.36. The van der Waals surface area contributed by atoms with Gasteiger partial charge in [0.15, 0.2) is 0 Å². The van der Waals surface area contributed by atoms with Crippen molar-refractivity contribution in [3.63, 3.8) is 0 Å². The van der Waals surface area contributed by atoms with Gasteiger partial charge in [-0.15, -0.1) is 0 Å². The highest BCUT2D eigenvalue weighted by molar-refractivity contribution is 9.10. The lowest BCUT2D eigenvalue weighted by Crippen LogP contribution is -2.26. The molecule has 0 heterocycles. The van der Waals surface area contributed by atoms with E-state index in [1.807, 2.05) is 19.1 Å². The molecule has 0 saturated carbocycles. The maximum Gasteiger partial charge on any atom is 0.307 e. The summed E-state index contributed by atoms with van der Waals surface area (Å²) in [6.07, 6.45) is 0.178. The number of ether oxygens (including phenoxy) is 1. The maximum atomic E-state index is 11.8. The minimum Gasteiger partial charge on any atom is -0.469 e. The number of esters is 1. The third-order valence-corrected chi connectivity index (χ3v) is 2.77. The van der Waals surface area contributed by atoms with Crippen molar-refractivity contribution in [2.24, 2.45) is 0 Å². The average Bonchev–Trinajstić information content (AvgIpc) is 2.28. The molecule has 0 aromatic heterocycles. The number of aryl methyl sites for hydroxylation is 1. The summed E-state index contributed by atoms with van der Waals surface area (Å²) in [7, 11) is 1.32. The molecule has 1 amide bonds. The standard InChI is InChI=1S/C12H14BrNO3/c1-8-7-9(13)3-4-10(8)12(16)14-6-5-11(15)17-2/h3-4,7H,5-6H2,1-2H3,(H,14,16). The first-order valence-electron chi connectivity index (χ1n) is 5.15. The van der Waals surface area contributed by atoms with Gasteiger partial charge in [0.05, 0.1) is 13.5 Å². The summed E-state index contributed by atoms with van der Waals surface area (Å²) in [6, 6.07) is 5.42. The first-order valence-corrected chi connectivity index (χ1v) is 5.95. The topological polar surface area (TPSA) is 55.4 Å². The molecule has 1 rings (SSSR count). The van der Waals surface area contributed by atoms with Crippen LogP contribution in [0.3, 0.4) is 0 Å². The van der Waals surface area contributed by atoms with Crippen molar-refractivity contribution in [2.75, 3.05) is 13.7 Å². The molecule has 0 radical (unpaired) electrons. The van der Waals surface area contributed by atoms with Crippen LogP contribution in [-0.2, 0) is 9.53 Å². The Morgan fingerprint density at radius 2 is 2.12 bits per heavy atom. The molecule has 0 aliphatic carbocycles. The van der Waals surface area contributed by atoms with E-state index in [-0.39, 0.29) is 24.8 Å². The van der Waals surface area contributed by atoms with Gasteiger partial charge in [-0.2, -0.15) is 0 Å². The number of halogens is 1. The number of benzene rings is 1. The first kappa shape index (κ1) is 13.7. The zero-order valence-corrected chi connectivity index (χ0v) is 11.3. The van der Waals surface area contributed by atoms with Gasteiger partial charge in [-0.25, -0.2) is 0 Å². The van der Waals surface area contributed by atoms with Crippen molar-refractivity contribution >= 4 is 27.8 Å². The van der Waals surface area contributed by atoms with Gasteiger partial charge < -0.3 is 10.1 Å². The van der Waals surface area contributed by atoms with E-state index >= 15 is 0 Å². The van der Waals surface area contributed by atoms with Crippen molar-refractivity contribution in [1.82, 2.24) is 5.32 Å². The maximum absolute atomic E-state index is 11.8. The van der Waals surface area contributed by atoms with Crippen LogP contribution in [0.2, 0.25) is 0 Å². The van der Waals surface area contributed by atoms with Crippen LogP contribution in [0.5, 0.6) is 0 Å². The highest BCUT2D eigenvalue weighted by Crippen LogP contribution is 2.15. The molecule has 0 saturated heterocycles. The minimum absolute atomic E-state index is 0.178. The predicted molar refractivity (Wildman–Crippen MR) is 67.8 cm³/mol. The Balaban J connectivity index is 2.55. The Labute approximate surface area is 108 Å². The van der Waals surface area contributed by atoms with Gasteiger partial charge in [0, 0.05) is 16.6 Å². The lowest BCUT2D eigenvalue weighted by Gasteiger charge is -2.07. The first-order chi connectivity index (χ1) is 8.04. The minimum atomic E-state index is -0.335. The Bertz CT molecular complexity index is 432. The van der Waals surface area contributed by atoms with E-state index in [9.17, 15) is 9.59 Å². The second-order valence-electron chi connectivity index (χ2n) is 3.54. The highest BCUT2D eigenvalue weighted by Gasteiger charge is 2.09. The second-order valence-corrected chi connectivity index (χ2v) is 4.46. The van der Waals surface area contributed by atoms with E-state index in [0.717, 1.165) is 10.0 Å². The third kappa shape index (κ3) is 4.19. The number of methoxy groups -OCH3 is 1. The van der Waals surface area contributed by atoms with Gasteiger partial charge in [-0.05, 0) is 30.7 Å². The van der Waals surface area contributed by atoms with Crippen molar-refractivity contribution in [3.05, 3.63) is 33.8 Å². The van der Waals surface area contributed by atoms with Crippen molar-refractivity contribution in [1.29, 1.82) is 0 Å². The number of carbonyl (C=O) groups is 2. The summed E-state index contributed by atoms with van der Waals surface area (Å²) in [5.41, 5.74) is 1.49. The van der Waals surface area contributed by atoms with E-state index in [2.05, 4.69) is 26.0 Å². The van der Waals surface area contributed by atoms with Gasteiger partial charge in [0.25, 0.3) is 5.91 Å². The van der Waals surface area contributed by atoms with Crippen LogP contribution in [0.4, 0.5) is 0 Å². The van der Waals surface area contributed by atoms with Crippen LogP contribution in [0.25, 0.3) is 0 Å². The number of rotatable bonds is 4. The number of hydrogen-bond acceptors (Lipinski definition) is 3. The van der Waals surface area contributed by atoms with Gasteiger partial charge in [-0.1, -0.05) is 15.9 Å². The lowest BCUT2D eigenvalue weighted by molar-refractivity contribution is -0.140. The summed E-state index contributed by atoms with van der Waals surface area (Å²) in [6.45, 7) is 2.14. The van der Waals surface area contributed by atoms with E-state index < -0.39 is 0 Å². The van der Waals surface area contributed by atoms with Crippen molar-refractivity contribution < 1.29 is 14.3 Å². The SMILES string of the molecule is COC(=O)CCNC(=O)c1ccc(Br)cc1C. The summed E-state index contributed by atoms with van der Waals surface area (Å²) in [4.78, 5) is 22.6. The van der Waals surface area contributed by atoms with Crippen LogP contribution in [0.1, 0.15) is 22.3 Å². The zero-order valence-electron chi connectivity index (χ0n) is 9.75. The monoisotopic (exact) mass is 299 g/mol. The van der Waals surface area contributed by atoms with Gasteiger partial charge in [0.2, 0.25) is 0 Å². The molecule has 1 N–H and O–H groups in total. The number of nitrogens with one attached hydrogen (secondary N) is 1. The van der Waals surface area contributed by atoms with E-state index in [4.69, 9.17) is 0 Å². The smallest absolute Gasteiger partial charge is 0.307 e. The summed E-state index contributed by atoms with van der Waals surface area (Å²) >= 11 is 3.33. The fraction of sp³-hybridized carbons (Fsp3) is 0.333. The molecule has 0 aliphatic rings. The van der Waals surface area contributed by atoms with E-state index in [1.165, 1.54) is 7.11 Å². The van der Waals surface area contributed by atoms with E-state index in [0.29, 0.717) is 5.56 Å². The van der Waals surface area contributed by atoms with Crippen LogP contribution in [-0.4, -0.2) is 25.5 Å².